The summed E-state index contributed by atoms with van der Waals surface area (Å²) in [7, 11) is 0. The molecule has 11 atom stereocenters. The monoisotopic (exact) mass is 542 g/mol. The molecule has 4 N–H and O–H groups in total. The van der Waals surface area contributed by atoms with Crippen molar-refractivity contribution in [3.05, 3.63) is 39.4 Å². The van der Waals surface area contributed by atoms with E-state index in [1.54, 1.807) is 18.2 Å². The first-order valence-corrected chi connectivity index (χ1v) is 15.1. The first kappa shape index (κ1) is 26.7. The van der Waals surface area contributed by atoms with Crippen LogP contribution in [-0.4, -0.2) is 43.6 Å². The smallest absolute Gasteiger partial charge is 0.258 e. The number of aromatic amines is 1. The van der Waals surface area contributed by atoms with Gasteiger partial charge in [-0.15, -0.1) is 0 Å². The molecule has 1 aromatic heterocycles. The second-order valence-electron chi connectivity index (χ2n) is 13.7. The van der Waals surface area contributed by atoms with E-state index >= 15 is 0 Å². The van der Waals surface area contributed by atoms with Crippen molar-refractivity contribution in [3.8, 4) is 0 Å². The number of benzene rings is 1. The number of aliphatic hydroxyl groups excluding tert-OH is 3. The van der Waals surface area contributed by atoms with Gasteiger partial charge in [0, 0.05) is 11.4 Å². The SMILES string of the molecule is C[C@H](CCc1nc2ccc(Cl)cc2c(=O)[nH]1)[C@H]1CC[C@H]2[C@H]3C(C[C@H](O)[C@]12C)[C@@]1(C)CC[C@@H](O)C[C@H]1C[C@H]3O. The molecular formula is C31H43ClN2O4. The first-order valence-electron chi connectivity index (χ1n) is 14.7. The number of aliphatic hydroxyl groups is 3. The van der Waals surface area contributed by atoms with Crippen LogP contribution in [0, 0.1) is 46.3 Å². The summed E-state index contributed by atoms with van der Waals surface area (Å²) in [5, 5.41) is 34.7. The van der Waals surface area contributed by atoms with Crippen molar-refractivity contribution in [3.63, 3.8) is 0 Å². The highest BCUT2D eigenvalue weighted by Crippen LogP contribution is 2.68. The largest absolute Gasteiger partial charge is 0.393 e. The van der Waals surface area contributed by atoms with E-state index in [1.807, 2.05) is 0 Å². The van der Waals surface area contributed by atoms with Crippen LogP contribution in [-0.2, 0) is 6.42 Å². The molecule has 4 aliphatic rings. The van der Waals surface area contributed by atoms with Gasteiger partial charge in [0.2, 0.25) is 0 Å². The van der Waals surface area contributed by atoms with Crippen molar-refractivity contribution in [2.24, 2.45) is 46.3 Å². The number of hydrogen-bond acceptors (Lipinski definition) is 5. The van der Waals surface area contributed by atoms with Gasteiger partial charge in [0.1, 0.15) is 5.82 Å². The maximum atomic E-state index is 12.6. The molecule has 1 aromatic carbocycles. The number of aryl methyl sites for hydroxylation is 1. The zero-order chi connectivity index (χ0) is 27.0. The fraction of sp³-hybridized carbons (Fsp3) is 0.742. The molecule has 4 fully saturated rings. The average molecular weight is 543 g/mol. The highest BCUT2D eigenvalue weighted by molar-refractivity contribution is 6.31. The molecule has 1 unspecified atom stereocenters. The van der Waals surface area contributed by atoms with Gasteiger partial charge in [0.05, 0.1) is 29.2 Å². The Morgan fingerprint density at radius 3 is 2.68 bits per heavy atom. The number of H-pyrrole nitrogens is 1. The van der Waals surface area contributed by atoms with Gasteiger partial charge in [0.15, 0.2) is 0 Å². The molecule has 0 saturated heterocycles. The van der Waals surface area contributed by atoms with Crippen LogP contribution < -0.4 is 5.56 Å². The number of nitrogens with zero attached hydrogens (tertiary/aromatic N) is 1. The van der Waals surface area contributed by atoms with E-state index in [2.05, 4.69) is 25.8 Å². The van der Waals surface area contributed by atoms with Crippen LogP contribution >= 0.6 is 11.6 Å². The molecule has 2 aromatic rings. The van der Waals surface area contributed by atoms with Crippen LogP contribution in [0.3, 0.4) is 0 Å². The van der Waals surface area contributed by atoms with E-state index in [9.17, 15) is 20.1 Å². The van der Waals surface area contributed by atoms with Crippen LogP contribution in [0.1, 0.15) is 78.0 Å². The van der Waals surface area contributed by atoms with Gasteiger partial charge in [-0.2, -0.15) is 0 Å². The zero-order valence-electron chi connectivity index (χ0n) is 22.9. The Labute approximate surface area is 230 Å². The molecule has 0 radical (unpaired) electrons. The summed E-state index contributed by atoms with van der Waals surface area (Å²) >= 11 is 6.06. The highest BCUT2D eigenvalue weighted by atomic mass is 35.5. The predicted molar refractivity (Wildman–Crippen MR) is 149 cm³/mol. The molecule has 208 valence electrons. The second kappa shape index (κ2) is 9.57. The number of fused-ring (bicyclic) bond motifs is 6. The third kappa shape index (κ3) is 4.08. The second-order valence-corrected chi connectivity index (χ2v) is 14.2. The van der Waals surface area contributed by atoms with E-state index in [4.69, 9.17) is 16.6 Å². The lowest BCUT2D eigenvalue weighted by molar-refractivity contribution is -0.207. The molecule has 4 aliphatic carbocycles. The quantitative estimate of drug-likeness (QED) is 0.430. The van der Waals surface area contributed by atoms with Gasteiger partial charge in [-0.1, -0.05) is 32.4 Å². The summed E-state index contributed by atoms with van der Waals surface area (Å²) in [6, 6.07) is 5.21. The molecule has 0 bridgehead atoms. The maximum absolute atomic E-state index is 12.6. The van der Waals surface area contributed by atoms with Gasteiger partial charge in [-0.25, -0.2) is 4.98 Å². The van der Waals surface area contributed by atoms with Crippen molar-refractivity contribution in [1.82, 2.24) is 9.97 Å². The fourth-order valence-corrected chi connectivity index (χ4v) is 10.1. The van der Waals surface area contributed by atoms with Crippen molar-refractivity contribution >= 4 is 22.5 Å². The van der Waals surface area contributed by atoms with E-state index in [0.717, 1.165) is 51.4 Å². The summed E-state index contributed by atoms with van der Waals surface area (Å²) in [4.78, 5) is 20.3. The third-order valence-electron chi connectivity index (χ3n) is 12.1. The maximum Gasteiger partial charge on any atom is 0.258 e. The first-order chi connectivity index (χ1) is 18.0. The molecular weight excluding hydrogens is 500 g/mol. The molecule has 1 heterocycles. The molecule has 6 rings (SSSR count). The van der Waals surface area contributed by atoms with Crippen molar-refractivity contribution in [2.45, 2.75) is 96.9 Å². The van der Waals surface area contributed by atoms with Gasteiger partial charge in [-0.05, 0) is 116 Å². The molecule has 38 heavy (non-hydrogen) atoms. The minimum absolute atomic E-state index is 0.0903. The summed E-state index contributed by atoms with van der Waals surface area (Å²) in [5.41, 5.74) is 0.373. The van der Waals surface area contributed by atoms with Gasteiger partial charge in [-0.3, -0.25) is 4.79 Å². The Morgan fingerprint density at radius 1 is 1.11 bits per heavy atom. The summed E-state index contributed by atoms with van der Waals surface area (Å²) in [5.74, 6) is 2.60. The standard InChI is InChI=1S/C31H43ClN2O4/c1-16(4-9-27-33-24-8-5-18(32)14-20(24)29(38)34-27)21-6-7-22-28-23(15-26(37)31(21,22)3)30(2)11-10-19(35)12-17(30)13-25(28)36/h5,8,14,16-17,19,21-23,25-26,28,35-37H,4,6-7,9-13,15H2,1-3H3,(H,33,34,38)/t16-,17+,19-,21-,22+,23?,25-,26+,28+,30+,31-/m1/s1. The number of hydrogen-bond donors (Lipinski definition) is 4. The van der Waals surface area contributed by atoms with Gasteiger partial charge >= 0.3 is 0 Å². The van der Waals surface area contributed by atoms with Gasteiger partial charge in [0.25, 0.3) is 5.56 Å². The molecule has 0 amide bonds. The van der Waals surface area contributed by atoms with Crippen molar-refractivity contribution in [2.75, 3.05) is 0 Å². The van der Waals surface area contributed by atoms with E-state index < -0.39 is 0 Å². The molecule has 4 saturated carbocycles. The van der Waals surface area contributed by atoms with Crippen molar-refractivity contribution in [1.29, 1.82) is 0 Å². The minimum atomic E-state index is -0.387. The Balaban J connectivity index is 1.21. The Morgan fingerprint density at radius 2 is 1.89 bits per heavy atom. The summed E-state index contributed by atoms with van der Waals surface area (Å²) < 4.78 is 0. The van der Waals surface area contributed by atoms with Crippen molar-refractivity contribution < 1.29 is 15.3 Å². The predicted octanol–water partition coefficient (Wildman–Crippen LogP) is 5.11. The van der Waals surface area contributed by atoms with E-state index in [-0.39, 0.29) is 40.6 Å². The normalized spacial score (nSPS) is 43.3. The van der Waals surface area contributed by atoms with Crippen LogP contribution in [0.5, 0.6) is 0 Å². The minimum Gasteiger partial charge on any atom is -0.393 e. The average Bonchev–Trinajstić information content (AvgIpc) is 3.23. The van der Waals surface area contributed by atoms with Crippen LogP contribution in [0.25, 0.3) is 10.9 Å². The number of halogens is 1. The highest BCUT2D eigenvalue weighted by Gasteiger charge is 2.65. The Hall–Kier alpha value is -1.47. The van der Waals surface area contributed by atoms with Crippen LogP contribution in [0.2, 0.25) is 5.02 Å². The van der Waals surface area contributed by atoms with Gasteiger partial charge < -0.3 is 20.3 Å². The summed E-state index contributed by atoms with van der Waals surface area (Å²) in [6.07, 6.45) is 6.83. The number of nitrogens with one attached hydrogen (secondary N) is 1. The Bertz CT molecular complexity index is 1270. The third-order valence-corrected chi connectivity index (χ3v) is 12.3. The lowest BCUT2D eigenvalue weighted by Crippen LogP contribution is -2.62. The van der Waals surface area contributed by atoms with Crippen LogP contribution in [0.15, 0.2) is 23.0 Å². The van der Waals surface area contributed by atoms with E-state index in [0.29, 0.717) is 57.8 Å². The molecule has 0 spiro atoms. The molecule has 0 aliphatic heterocycles. The number of aromatic nitrogens is 2. The topological polar surface area (TPSA) is 106 Å². The zero-order valence-corrected chi connectivity index (χ0v) is 23.6. The Kier molecular flexibility index (Phi) is 6.73. The lowest BCUT2D eigenvalue weighted by atomic mass is 9.43. The number of rotatable bonds is 4. The molecule has 6 nitrogen and oxygen atoms in total. The fourth-order valence-electron chi connectivity index (χ4n) is 9.98. The lowest BCUT2D eigenvalue weighted by Gasteiger charge is -2.63. The van der Waals surface area contributed by atoms with Crippen LogP contribution in [0.4, 0.5) is 0 Å². The molecule has 7 heteroatoms. The summed E-state index contributed by atoms with van der Waals surface area (Å²) in [6.45, 7) is 6.95. The van der Waals surface area contributed by atoms with E-state index in [1.165, 1.54) is 0 Å².